The number of aryl methyl sites for hydroxylation is 1. The van der Waals surface area contributed by atoms with Crippen molar-refractivity contribution in [3.05, 3.63) is 66.1 Å². The van der Waals surface area contributed by atoms with Gasteiger partial charge < -0.3 is 24.8 Å². The molecule has 41 heavy (non-hydrogen) atoms. The van der Waals surface area contributed by atoms with E-state index >= 15 is 0 Å². The predicted octanol–water partition coefficient (Wildman–Crippen LogP) is 5.96. The Morgan fingerprint density at radius 1 is 1.12 bits per heavy atom. The second kappa shape index (κ2) is 12.2. The van der Waals surface area contributed by atoms with E-state index in [4.69, 9.17) is 4.98 Å². The molecule has 4 heterocycles. The second-order valence-corrected chi connectivity index (χ2v) is 12.2. The minimum absolute atomic E-state index is 0.531. The minimum atomic E-state index is -1.03. The topological polar surface area (TPSA) is 81.8 Å². The second-order valence-electron chi connectivity index (χ2n) is 12.2. The normalized spacial score (nSPS) is 18.5. The monoisotopic (exact) mass is 555 g/mol. The first kappa shape index (κ1) is 29.0. The highest BCUT2D eigenvalue weighted by atomic mass is 16.3. The maximum Gasteiger partial charge on any atom is 0.229 e. The quantitative estimate of drug-likeness (QED) is 0.250. The van der Waals surface area contributed by atoms with Gasteiger partial charge >= 0.3 is 0 Å². The van der Waals surface area contributed by atoms with Crippen molar-refractivity contribution in [3.8, 4) is 0 Å². The molecule has 1 aromatic carbocycles. The van der Waals surface area contributed by atoms with E-state index in [0.717, 1.165) is 36.2 Å². The molecule has 0 aliphatic carbocycles. The number of rotatable bonds is 9. The summed E-state index contributed by atoms with van der Waals surface area (Å²) in [5.74, 6) is 0.582. The van der Waals surface area contributed by atoms with E-state index in [9.17, 15) is 5.11 Å². The number of likely N-dealkylation sites (tertiary alicyclic amines) is 1. The Balaban J connectivity index is 1.25. The van der Waals surface area contributed by atoms with Crippen molar-refractivity contribution in [2.75, 3.05) is 43.4 Å². The van der Waals surface area contributed by atoms with E-state index in [1.807, 2.05) is 18.3 Å². The van der Waals surface area contributed by atoms with Gasteiger partial charge in [-0.3, -0.25) is 4.99 Å². The first-order valence-corrected chi connectivity index (χ1v) is 14.9. The number of anilines is 3. The van der Waals surface area contributed by atoms with Gasteiger partial charge in [-0.25, -0.2) is 4.98 Å². The number of nitrogens with one attached hydrogen (secondary N) is 1. The summed E-state index contributed by atoms with van der Waals surface area (Å²) >= 11 is 0. The molecule has 0 saturated carbocycles. The van der Waals surface area contributed by atoms with Crippen LogP contribution in [0.2, 0.25) is 0 Å². The first-order valence-electron chi connectivity index (χ1n) is 14.9. The minimum Gasteiger partial charge on any atom is -0.384 e. The zero-order valence-electron chi connectivity index (χ0n) is 25.1. The van der Waals surface area contributed by atoms with E-state index < -0.39 is 5.60 Å². The highest BCUT2D eigenvalue weighted by Crippen LogP contribution is 2.42. The summed E-state index contributed by atoms with van der Waals surface area (Å²) in [6.45, 7) is 14.5. The van der Waals surface area contributed by atoms with Gasteiger partial charge in [-0.05, 0) is 115 Å². The van der Waals surface area contributed by atoms with E-state index in [0.29, 0.717) is 23.6 Å². The van der Waals surface area contributed by atoms with Gasteiger partial charge in [0.05, 0.1) is 5.70 Å². The summed E-state index contributed by atoms with van der Waals surface area (Å²) in [5.41, 5.74) is 4.41. The molecular formula is C33H45N7O. The summed E-state index contributed by atoms with van der Waals surface area (Å²) in [6, 6.07) is 10.8. The molecule has 218 valence electrons. The Hall–Kier alpha value is -3.49. The average Bonchev–Trinajstić information content (AvgIpc) is 3.32. The molecule has 0 amide bonds. The lowest BCUT2D eigenvalue weighted by Gasteiger charge is -2.46. The lowest BCUT2D eigenvalue weighted by molar-refractivity contribution is 0.0945. The van der Waals surface area contributed by atoms with E-state index in [1.54, 1.807) is 19.9 Å². The van der Waals surface area contributed by atoms with E-state index in [1.165, 1.54) is 50.2 Å². The molecule has 2 aliphatic heterocycles. The number of hydrogen-bond acceptors (Lipinski definition) is 7. The Morgan fingerprint density at radius 3 is 2.44 bits per heavy atom. The highest BCUT2D eigenvalue weighted by Gasteiger charge is 2.36. The number of aliphatic imine (C=N–C) groups is 1. The van der Waals surface area contributed by atoms with Gasteiger partial charge in [0.1, 0.15) is 11.2 Å². The van der Waals surface area contributed by atoms with Crippen LogP contribution in [-0.2, 0) is 13.0 Å². The fourth-order valence-corrected chi connectivity index (χ4v) is 6.14. The average molecular weight is 556 g/mol. The number of allylic oxidation sites excluding steroid dienone is 3. The van der Waals surface area contributed by atoms with E-state index in [-0.39, 0.29) is 0 Å². The maximum absolute atomic E-state index is 10.2. The number of aliphatic hydroxyl groups is 1. The molecule has 5 rings (SSSR count). The molecule has 0 atom stereocenters. The molecule has 8 nitrogen and oxygen atoms in total. The summed E-state index contributed by atoms with van der Waals surface area (Å²) < 4.78 is 2.20. The van der Waals surface area contributed by atoms with Crippen molar-refractivity contribution in [2.24, 2.45) is 10.4 Å². The van der Waals surface area contributed by atoms with Crippen LogP contribution in [0.4, 0.5) is 17.3 Å². The summed E-state index contributed by atoms with van der Waals surface area (Å²) in [5, 5.41) is 14.6. The third-order valence-electron chi connectivity index (χ3n) is 8.92. The zero-order valence-corrected chi connectivity index (χ0v) is 25.1. The van der Waals surface area contributed by atoms with Crippen molar-refractivity contribution in [2.45, 2.75) is 65.0 Å². The van der Waals surface area contributed by atoms with Crippen molar-refractivity contribution in [1.29, 1.82) is 0 Å². The fraction of sp³-hybridized carbons (Fsp3) is 0.485. The molecule has 8 heteroatoms. The molecular weight excluding hydrogens is 510 g/mol. The summed E-state index contributed by atoms with van der Waals surface area (Å²) in [4.78, 5) is 18.4. The van der Waals surface area contributed by atoms with Crippen LogP contribution in [0.25, 0.3) is 11.0 Å². The molecule has 2 fully saturated rings. The molecule has 0 radical (unpaired) electrons. The van der Waals surface area contributed by atoms with Gasteiger partial charge in [-0.1, -0.05) is 19.1 Å². The first-order chi connectivity index (χ1) is 19.7. The Morgan fingerprint density at radius 2 is 1.80 bits per heavy atom. The molecule has 3 aromatic rings. The Kier molecular flexibility index (Phi) is 8.61. The van der Waals surface area contributed by atoms with Crippen LogP contribution in [0.3, 0.4) is 0 Å². The van der Waals surface area contributed by atoms with Crippen LogP contribution >= 0.6 is 0 Å². The number of piperidine rings is 2. The van der Waals surface area contributed by atoms with Crippen LogP contribution in [0, 0.1) is 5.41 Å². The van der Waals surface area contributed by atoms with Crippen molar-refractivity contribution in [3.63, 3.8) is 0 Å². The lowest BCUT2D eigenvalue weighted by Crippen LogP contribution is -2.46. The Bertz CT molecular complexity index is 1400. The largest absolute Gasteiger partial charge is 0.384 e. The van der Waals surface area contributed by atoms with E-state index in [2.05, 4.69) is 80.7 Å². The molecule has 0 bridgehead atoms. The SMILES string of the molecule is C=N/C(=C\C=C/Cn1c(CC)cc2cnc(Nc3ccc(N4CCC5(CCN(C)CC5)CC4)cc3)nc21)C(C)(C)O. The zero-order chi connectivity index (χ0) is 29.0. The van der Waals surface area contributed by atoms with Gasteiger partial charge in [0.25, 0.3) is 0 Å². The maximum atomic E-state index is 10.2. The van der Waals surface area contributed by atoms with Gasteiger partial charge in [0.2, 0.25) is 5.95 Å². The summed E-state index contributed by atoms with van der Waals surface area (Å²) in [7, 11) is 2.25. The van der Waals surface area contributed by atoms with Crippen LogP contribution in [0.15, 0.2) is 65.4 Å². The summed E-state index contributed by atoms with van der Waals surface area (Å²) in [6.07, 6.45) is 13.8. The fourth-order valence-electron chi connectivity index (χ4n) is 6.14. The number of aromatic nitrogens is 3. The standard InChI is InChI=1S/C33H45N7O/c1-6-27-23-25-24-35-31(37-30(25)40(27)18-8-7-9-29(34-4)32(2,3)41)36-26-10-12-28(13-11-26)39-21-16-33(17-22-39)14-19-38(5)20-15-33/h7-13,23-24,41H,4,6,14-22H2,1-3,5H3,(H,35,36,37)/b8-7-,29-9-. The lowest BCUT2D eigenvalue weighted by atomic mass is 9.71. The molecule has 2 saturated heterocycles. The number of hydrogen-bond donors (Lipinski definition) is 2. The van der Waals surface area contributed by atoms with Crippen molar-refractivity contribution >= 4 is 35.1 Å². The number of benzene rings is 1. The molecule has 2 aliphatic rings. The number of nitrogens with zero attached hydrogens (tertiary/aromatic N) is 6. The molecule has 1 spiro atoms. The molecule has 2 aromatic heterocycles. The highest BCUT2D eigenvalue weighted by molar-refractivity contribution is 5.78. The van der Waals surface area contributed by atoms with Crippen LogP contribution in [0.1, 0.15) is 52.1 Å². The molecule has 0 unspecified atom stereocenters. The third-order valence-corrected chi connectivity index (χ3v) is 8.92. The Labute approximate surface area is 244 Å². The molecule has 2 N–H and O–H groups in total. The van der Waals surface area contributed by atoms with Gasteiger partial charge in [0.15, 0.2) is 0 Å². The smallest absolute Gasteiger partial charge is 0.229 e. The third kappa shape index (κ3) is 6.71. The van der Waals surface area contributed by atoms with Crippen LogP contribution < -0.4 is 10.2 Å². The van der Waals surface area contributed by atoms with Crippen LogP contribution in [0.5, 0.6) is 0 Å². The van der Waals surface area contributed by atoms with Gasteiger partial charge in [-0.2, -0.15) is 4.98 Å². The van der Waals surface area contributed by atoms with Gasteiger partial charge in [0, 0.05) is 48.3 Å². The van der Waals surface area contributed by atoms with Gasteiger partial charge in [-0.15, -0.1) is 0 Å². The van der Waals surface area contributed by atoms with Crippen molar-refractivity contribution < 1.29 is 5.11 Å². The van der Waals surface area contributed by atoms with Crippen LogP contribution in [-0.4, -0.2) is 70.1 Å². The predicted molar refractivity (Wildman–Crippen MR) is 170 cm³/mol. The number of fused-ring (bicyclic) bond motifs is 1. The van der Waals surface area contributed by atoms with Crippen molar-refractivity contribution in [1.82, 2.24) is 19.4 Å².